The van der Waals surface area contributed by atoms with Crippen LogP contribution in [-0.2, 0) is 0 Å². The van der Waals surface area contributed by atoms with Crippen LogP contribution in [0.5, 0.6) is 0 Å². The van der Waals surface area contributed by atoms with Crippen LogP contribution in [0.25, 0.3) is 0 Å². The van der Waals surface area contributed by atoms with E-state index in [0.29, 0.717) is 17.3 Å². The lowest BCUT2D eigenvalue weighted by Crippen LogP contribution is -2.55. The second-order valence-corrected chi connectivity index (χ2v) is 9.33. The van der Waals surface area contributed by atoms with Crippen LogP contribution in [0.15, 0.2) is 0 Å². The van der Waals surface area contributed by atoms with Gasteiger partial charge < -0.3 is 10.2 Å². The molecule has 0 radical (unpaired) electrons. The predicted octanol–water partition coefficient (Wildman–Crippen LogP) is 3.75. The SMILES string of the molecule is C#CC[C@]12CC[C@H]3[C@@H](CCC4C[C@H](O)CC[C@@]43C)[C@@H]1CC[C@@H]2O. The van der Waals surface area contributed by atoms with E-state index >= 15 is 0 Å². The first kappa shape index (κ1) is 16.0. The number of hydrogen-bond donors (Lipinski definition) is 2. The summed E-state index contributed by atoms with van der Waals surface area (Å²) in [6, 6.07) is 0. The molecule has 4 fully saturated rings. The van der Waals surface area contributed by atoms with Crippen LogP contribution in [0.1, 0.15) is 71.1 Å². The molecule has 1 unspecified atom stereocenters. The number of hydrogen-bond acceptors (Lipinski definition) is 2. The monoisotopic (exact) mass is 316 g/mol. The minimum Gasteiger partial charge on any atom is -0.393 e. The summed E-state index contributed by atoms with van der Waals surface area (Å²) in [5.74, 6) is 5.79. The van der Waals surface area contributed by atoms with E-state index in [1.54, 1.807) is 0 Å². The first-order valence-corrected chi connectivity index (χ1v) is 9.81. The molecule has 4 rings (SSSR count). The maximum atomic E-state index is 10.7. The first-order chi connectivity index (χ1) is 11.0. The lowest BCUT2D eigenvalue weighted by Gasteiger charge is -2.61. The molecule has 0 bridgehead atoms. The molecule has 0 aromatic heterocycles. The Bertz CT molecular complexity index is 508. The van der Waals surface area contributed by atoms with Gasteiger partial charge >= 0.3 is 0 Å². The van der Waals surface area contributed by atoms with Gasteiger partial charge in [0.15, 0.2) is 0 Å². The van der Waals surface area contributed by atoms with E-state index in [9.17, 15) is 10.2 Å². The minimum absolute atomic E-state index is 0.0211. The molecule has 0 aromatic rings. The Morgan fingerprint density at radius 3 is 2.61 bits per heavy atom. The molecule has 2 heteroatoms. The number of terminal acetylenes is 1. The highest BCUT2D eigenvalue weighted by molar-refractivity contribution is 5.13. The molecule has 0 spiro atoms. The maximum absolute atomic E-state index is 10.7. The molecular weight excluding hydrogens is 284 g/mol. The van der Waals surface area contributed by atoms with Gasteiger partial charge in [-0.3, -0.25) is 0 Å². The highest BCUT2D eigenvalue weighted by Gasteiger charge is 2.61. The lowest BCUT2D eigenvalue weighted by atomic mass is 9.44. The average molecular weight is 316 g/mol. The van der Waals surface area contributed by atoms with Crippen molar-refractivity contribution in [2.75, 3.05) is 0 Å². The van der Waals surface area contributed by atoms with Crippen LogP contribution < -0.4 is 0 Å². The van der Waals surface area contributed by atoms with E-state index in [4.69, 9.17) is 6.42 Å². The molecule has 0 saturated heterocycles. The third-order valence-corrected chi connectivity index (χ3v) is 8.74. The molecule has 4 aliphatic carbocycles. The maximum Gasteiger partial charge on any atom is 0.0608 e. The van der Waals surface area contributed by atoms with Crippen molar-refractivity contribution in [2.45, 2.75) is 83.3 Å². The number of aliphatic hydroxyl groups is 2. The van der Waals surface area contributed by atoms with E-state index in [-0.39, 0.29) is 17.6 Å². The van der Waals surface area contributed by atoms with Crippen LogP contribution in [0.4, 0.5) is 0 Å². The fourth-order valence-corrected chi connectivity index (χ4v) is 7.55. The molecule has 23 heavy (non-hydrogen) atoms. The van der Waals surface area contributed by atoms with Gasteiger partial charge in [0.25, 0.3) is 0 Å². The summed E-state index contributed by atoms with van der Waals surface area (Å²) < 4.78 is 0. The smallest absolute Gasteiger partial charge is 0.0608 e. The van der Waals surface area contributed by atoms with E-state index in [1.807, 2.05) is 0 Å². The Morgan fingerprint density at radius 2 is 1.83 bits per heavy atom. The quantitative estimate of drug-likeness (QED) is 0.723. The van der Waals surface area contributed by atoms with Gasteiger partial charge in [0.05, 0.1) is 12.2 Å². The third kappa shape index (κ3) is 2.16. The zero-order valence-corrected chi connectivity index (χ0v) is 14.5. The first-order valence-electron chi connectivity index (χ1n) is 9.81. The Kier molecular flexibility index (Phi) is 3.82. The van der Waals surface area contributed by atoms with E-state index in [0.717, 1.165) is 43.9 Å². The molecule has 4 saturated carbocycles. The summed E-state index contributed by atoms with van der Waals surface area (Å²) in [7, 11) is 0. The van der Waals surface area contributed by atoms with E-state index in [2.05, 4.69) is 12.8 Å². The summed E-state index contributed by atoms with van der Waals surface area (Å²) >= 11 is 0. The minimum atomic E-state index is -0.178. The summed E-state index contributed by atoms with van der Waals surface area (Å²) in [6.07, 6.45) is 16.5. The van der Waals surface area contributed by atoms with Gasteiger partial charge in [0.1, 0.15) is 0 Å². The van der Waals surface area contributed by atoms with Gasteiger partial charge in [0, 0.05) is 11.8 Å². The fraction of sp³-hybridized carbons (Fsp3) is 0.905. The molecule has 0 heterocycles. The molecule has 2 nitrogen and oxygen atoms in total. The summed E-state index contributed by atoms with van der Waals surface area (Å²) in [6.45, 7) is 2.51. The van der Waals surface area contributed by atoms with Gasteiger partial charge in [-0.25, -0.2) is 0 Å². The highest BCUT2D eigenvalue weighted by atomic mass is 16.3. The van der Waals surface area contributed by atoms with Gasteiger partial charge in [-0.1, -0.05) is 6.92 Å². The van der Waals surface area contributed by atoms with Crippen molar-refractivity contribution >= 4 is 0 Å². The average Bonchev–Trinajstić information content (AvgIpc) is 2.86. The molecule has 128 valence electrons. The van der Waals surface area contributed by atoms with Gasteiger partial charge in [0.2, 0.25) is 0 Å². The summed E-state index contributed by atoms with van der Waals surface area (Å²) in [5.41, 5.74) is 0.436. The van der Waals surface area contributed by atoms with Gasteiger partial charge in [-0.2, -0.15) is 0 Å². The lowest BCUT2D eigenvalue weighted by molar-refractivity contribution is -0.137. The van der Waals surface area contributed by atoms with Crippen LogP contribution in [-0.4, -0.2) is 22.4 Å². The molecule has 2 N–H and O–H groups in total. The molecule has 4 aliphatic rings. The third-order valence-electron chi connectivity index (χ3n) is 8.74. The molecule has 0 amide bonds. The number of fused-ring (bicyclic) bond motifs is 5. The van der Waals surface area contributed by atoms with Crippen molar-refractivity contribution in [1.29, 1.82) is 0 Å². The van der Waals surface area contributed by atoms with E-state index in [1.165, 1.54) is 32.1 Å². The van der Waals surface area contributed by atoms with Crippen molar-refractivity contribution in [1.82, 2.24) is 0 Å². The highest BCUT2D eigenvalue weighted by Crippen LogP contribution is 2.67. The fourth-order valence-electron chi connectivity index (χ4n) is 7.55. The van der Waals surface area contributed by atoms with Gasteiger partial charge in [-0.05, 0) is 86.9 Å². The Morgan fingerprint density at radius 1 is 1.00 bits per heavy atom. The standard InChI is InChI=1S/C21H32O2/c1-3-10-21-12-9-17-16(18(21)6-7-19(21)23)5-4-14-13-15(22)8-11-20(14,17)2/h1,14-19,22-23H,4-13H2,2H3/t14?,15-,16-,17+,18+,19+,20+,21+/m1/s1. The van der Waals surface area contributed by atoms with Crippen LogP contribution in [0.2, 0.25) is 0 Å². The zero-order chi connectivity index (χ0) is 16.2. The Hall–Kier alpha value is -0.520. The number of aliphatic hydroxyl groups excluding tert-OH is 2. The largest absolute Gasteiger partial charge is 0.393 e. The summed E-state index contributed by atoms with van der Waals surface area (Å²) in [5, 5.41) is 20.8. The van der Waals surface area contributed by atoms with Crippen LogP contribution in [0, 0.1) is 46.8 Å². The predicted molar refractivity (Wildman–Crippen MR) is 91.5 cm³/mol. The Balaban J connectivity index is 1.63. The van der Waals surface area contributed by atoms with Crippen LogP contribution in [0.3, 0.4) is 0 Å². The number of rotatable bonds is 1. The molecule has 0 aromatic carbocycles. The van der Waals surface area contributed by atoms with Crippen molar-refractivity contribution in [3.63, 3.8) is 0 Å². The molecule has 0 aliphatic heterocycles. The van der Waals surface area contributed by atoms with Gasteiger partial charge in [-0.15, -0.1) is 12.3 Å². The molecule has 8 atom stereocenters. The topological polar surface area (TPSA) is 40.5 Å². The molecular formula is C21H32O2. The second-order valence-electron chi connectivity index (χ2n) is 9.33. The normalized spacial score (nSPS) is 55.4. The van der Waals surface area contributed by atoms with Crippen molar-refractivity contribution in [3.05, 3.63) is 0 Å². The zero-order valence-electron chi connectivity index (χ0n) is 14.5. The van der Waals surface area contributed by atoms with Crippen molar-refractivity contribution < 1.29 is 10.2 Å². The Labute approximate surface area is 141 Å². The van der Waals surface area contributed by atoms with Crippen molar-refractivity contribution in [2.24, 2.45) is 34.5 Å². The van der Waals surface area contributed by atoms with Crippen molar-refractivity contribution in [3.8, 4) is 12.3 Å². The summed E-state index contributed by atoms with van der Waals surface area (Å²) in [4.78, 5) is 0. The second kappa shape index (κ2) is 5.50. The van der Waals surface area contributed by atoms with E-state index < -0.39 is 0 Å². The van der Waals surface area contributed by atoms with Crippen LogP contribution >= 0.6 is 0 Å².